The van der Waals surface area contributed by atoms with Crippen molar-refractivity contribution in [1.82, 2.24) is 4.90 Å². The van der Waals surface area contributed by atoms with Crippen molar-refractivity contribution < 1.29 is 19.4 Å². The number of nitrogens with zero attached hydrogens (tertiary/aromatic N) is 1. The Morgan fingerprint density at radius 3 is 2.64 bits per heavy atom. The number of ether oxygens (including phenoxy) is 2. The fraction of sp³-hybridized carbons (Fsp3) is 0.588. The summed E-state index contributed by atoms with van der Waals surface area (Å²) in [6, 6.07) is 7.18. The van der Waals surface area contributed by atoms with Crippen LogP contribution in [0.1, 0.15) is 27.2 Å². The Bertz CT molecular complexity index is 539. The number of carbonyl (C=O) groups is 1. The number of benzene rings is 1. The first-order valence-corrected chi connectivity index (χ1v) is 7.52. The predicted molar refractivity (Wildman–Crippen MR) is 84.1 cm³/mol. The zero-order valence-electron chi connectivity index (χ0n) is 13.8. The second-order valence-corrected chi connectivity index (χ2v) is 6.69. The van der Waals surface area contributed by atoms with Crippen LogP contribution in [0.4, 0.5) is 0 Å². The monoisotopic (exact) mass is 307 g/mol. The number of carbonyl (C=O) groups excluding carboxylic acids is 1. The van der Waals surface area contributed by atoms with Gasteiger partial charge in [0.25, 0.3) is 5.91 Å². The fourth-order valence-electron chi connectivity index (χ4n) is 2.56. The molecule has 1 N–H and O–H groups in total. The maximum Gasteiger partial charge on any atom is 0.260 e. The van der Waals surface area contributed by atoms with E-state index in [4.69, 9.17) is 9.47 Å². The first kappa shape index (κ1) is 16.6. The lowest BCUT2D eigenvalue weighted by Crippen LogP contribution is -2.57. The number of hydrogen-bond acceptors (Lipinski definition) is 4. The molecule has 0 saturated carbocycles. The Morgan fingerprint density at radius 2 is 2.00 bits per heavy atom. The van der Waals surface area contributed by atoms with Gasteiger partial charge in [0, 0.05) is 24.6 Å². The Balaban J connectivity index is 1.93. The molecule has 1 amide bonds. The van der Waals surface area contributed by atoms with Crippen LogP contribution in [0.2, 0.25) is 0 Å². The fourth-order valence-corrected chi connectivity index (χ4v) is 2.56. The molecule has 2 rings (SSSR count). The molecular weight excluding hydrogens is 282 g/mol. The summed E-state index contributed by atoms with van der Waals surface area (Å²) in [4.78, 5) is 14.1. The molecule has 1 heterocycles. The molecule has 0 unspecified atom stereocenters. The third-order valence-corrected chi connectivity index (χ3v) is 4.67. The third kappa shape index (κ3) is 3.53. The van der Waals surface area contributed by atoms with Crippen LogP contribution >= 0.6 is 0 Å². The van der Waals surface area contributed by atoms with Crippen LogP contribution in [0.5, 0.6) is 11.5 Å². The molecule has 1 fully saturated rings. The molecule has 0 radical (unpaired) electrons. The van der Waals surface area contributed by atoms with Gasteiger partial charge in [-0.25, -0.2) is 0 Å². The van der Waals surface area contributed by atoms with E-state index in [1.165, 1.54) is 0 Å². The maximum absolute atomic E-state index is 12.3. The number of likely N-dealkylation sites (tertiary alicyclic amines) is 1. The summed E-state index contributed by atoms with van der Waals surface area (Å²) in [6.45, 7) is 6.87. The molecule has 122 valence electrons. The first-order valence-electron chi connectivity index (χ1n) is 7.52. The molecule has 0 aliphatic carbocycles. The van der Waals surface area contributed by atoms with E-state index in [2.05, 4.69) is 0 Å². The van der Waals surface area contributed by atoms with Crippen LogP contribution in [-0.4, -0.2) is 48.3 Å². The Kier molecular flexibility index (Phi) is 4.66. The van der Waals surface area contributed by atoms with Crippen LogP contribution in [-0.2, 0) is 4.79 Å². The molecule has 1 aromatic rings. The van der Waals surface area contributed by atoms with E-state index in [0.29, 0.717) is 31.0 Å². The van der Waals surface area contributed by atoms with E-state index in [9.17, 15) is 9.90 Å². The van der Waals surface area contributed by atoms with E-state index in [1.807, 2.05) is 32.9 Å². The first-order chi connectivity index (χ1) is 10.2. The molecule has 0 bridgehead atoms. The van der Waals surface area contributed by atoms with Crippen LogP contribution in [0.25, 0.3) is 0 Å². The second-order valence-electron chi connectivity index (χ2n) is 6.69. The Hall–Kier alpha value is -1.75. The smallest absolute Gasteiger partial charge is 0.260 e. The van der Waals surface area contributed by atoms with Crippen LogP contribution < -0.4 is 9.47 Å². The maximum atomic E-state index is 12.3. The topological polar surface area (TPSA) is 59.0 Å². The van der Waals surface area contributed by atoms with Crippen molar-refractivity contribution in [2.75, 3.05) is 26.8 Å². The third-order valence-electron chi connectivity index (χ3n) is 4.67. The molecule has 1 aliphatic rings. The molecule has 1 saturated heterocycles. The summed E-state index contributed by atoms with van der Waals surface area (Å²) >= 11 is 0. The summed E-state index contributed by atoms with van der Waals surface area (Å²) in [5.74, 6) is 1.24. The molecule has 22 heavy (non-hydrogen) atoms. The van der Waals surface area contributed by atoms with Crippen molar-refractivity contribution in [2.24, 2.45) is 5.41 Å². The molecule has 0 aromatic heterocycles. The highest BCUT2D eigenvalue weighted by Crippen LogP contribution is 2.38. The summed E-state index contributed by atoms with van der Waals surface area (Å²) < 4.78 is 10.7. The van der Waals surface area contributed by atoms with Gasteiger partial charge in [-0.15, -0.1) is 0 Å². The molecule has 1 aliphatic heterocycles. The SMILES string of the molecule is COc1cccc(OCC(=O)N2CC[C@@](C)(O)C(C)(C)C2)c1. The Labute approximate surface area is 131 Å². The number of piperidine rings is 1. The van der Waals surface area contributed by atoms with Gasteiger partial charge in [-0.05, 0) is 25.5 Å². The summed E-state index contributed by atoms with van der Waals surface area (Å²) in [6.07, 6.45) is 0.574. The normalized spacial score (nSPS) is 24.0. The van der Waals surface area contributed by atoms with Crippen molar-refractivity contribution in [1.29, 1.82) is 0 Å². The zero-order valence-corrected chi connectivity index (χ0v) is 13.8. The van der Waals surface area contributed by atoms with Gasteiger partial charge < -0.3 is 19.5 Å². The largest absolute Gasteiger partial charge is 0.497 e. The molecule has 0 spiro atoms. The highest BCUT2D eigenvalue weighted by Gasteiger charge is 2.45. The van der Waals surface area contributed by atoms with E-state index in [-0.39, 0.29) is 17.9 Å². The summed E-state index contributed by atoms with van der Waals surface area (Å²) in [7, 11) is 1.59. The number of amides is 1. The molecular formula is C17H25NO4. The molecule has 1 atom stereocenters. The van der Waals surface area contributed by atoms with E-state index >= 15 is 0 Å². The molecule has 5 nitrogen and oxygen atoms in total. The number of hydrogen-bond donors (Lipinski definition) is 1. The number of methoxy groups -OCH3 is 1. The van der Waals surface area contributed by atoms with Gasteiger partial charge in [0.15, 0.2) is 6.61 Å². The van der Waals surface area contributed by atoms with Crippen LogP contribution in [0.15, 0.2) is 24.3 Å². The number of aliphatic hydroxyl groups is 1. The van der Waals surface area contributed by atoms with Gasteiger partial charge in [0.1, 0.15) is 11.5 Å². The summed E-state index contributed by atoms with van der Waals surface area (Å²) in [5, 5.41) is 10.4. The van der Waals surface area contributed by atoms with Crippen molar-refractivity contribution in [2.45, 2.75) is 32.8 Å². The van der Waals surface area contributed by atoms with Gasteiger partial charge in [-0.3, -0.25) is 4.79 Å². The van der Waals surface area contributed by atoms with Gasteiger partial charge in [-0.2, -0.15) is 0 Å². The summed E-state index contributed by atoms with van der Waals surface area (Å²) in [5.41, 5.74) is -1.09. The minimum atomic E-state index is -0.753. The average Bonchev–Trinajstić information content (AvgIpc) is 2.48. The molecule has 1 aromatic carbocycles. The highest BCUT2D eigenvalue weighted by atomic mass is 16.5. The Morgan fingerprint density at radius 1 is 1.32 bits per heavy atom. The quantitative estimate of drug-likeness (QED) is 0.925. The van der Waals surface area contributed by atoms with Crippen molar-refractivity contribution in [3.8, 4) is 11.5 Å². The lowest BCUT2D eigenvalue weighted by Gasteiger charge is -2.48. The van der Waals surface area contributed by atoms with Gasteiger partial charge in [0.2, 0.25) is 0 Å². The zero-order chi connectivity index (χ0) is 16.4. The highest BCUT2D eigenvalue weighted by molar-refractivity contribution is 5.78. The minimum Gasteiger partial charge on any atom is -0.497 e. The van der Waals surface area contributed by atoms with Crippen molar-refractivity contribution in [3.05, 3.63) is 24.3 Å². The van der Waals surface area contributed by atoms with Crippen molar-refractivity contribution in [3.63, 3.8) is 0 Å². The van der Waals surface area contributed by atoms with E-state index < -0.39 is 5.60 Å². The number of rotatable bonds is 4. The van der Waals surface area contributed by atoms with E-state index in [0.717, 1.165) is 0 Å². The molecule has 5 heteroatoms. The lowest BCUT2D eigenvalue weighted by molar-refractivity contribution is -0.148. The van der Waals surface area contributed by atoms with Crippen LogP contribution in [0.3, 0.4) is 0 Å². The minimum absolute atomic E-state index is 0.00854. The van der Waals surface area contributed by atoms with Crippen molar-refractivity contribution >= 4 is 5.91 Å². The van der Waals surface area contributed by atoms with Gasteiger partial charge >= 0.3 is 0 Å². The average molecular weight is 307 g/mol. The standard InChI is InChI=1S/C17H25NO4/c1-16(2)12-18(9-8-17(16,3)20)15(19)11-22-14-7-5-6-13(10-14)21-4/h5-7,10,20H,8-9,11-12H2,1-4H3/t17-/m1/s1. The van der Waals surface area contributed by atoms with Gasteiger partial charge in [0.05, 0.1) is 12.7 Å². The van der Waals surface area contributed by atoms with Gasteiger partial charge in [-0.1, -0.05) is 19.9 Å². The lowest BCUT2D eigenvalue weighted by atomic mass is 9.71. The second kappa shape index (κ2) is 6.16. The van der Waals surface area contributed by atoms with E-state index in [1.54, 1.807) is 24.1 Å². The van der Waals surface area contributed by atoms with Crippen LogP contribution in [0, 0.1) is 5.41 Å². The predicted octanol–water partition coefficient (Wildman–Crippen LogP) is 2.08.